The maximum absolute atomic E-state index is 12.5. The van der Waals surface area contributed by atoms with Crippen LogP contribution in [0.1, 0.15) is 20.2 Å². The molecule has 0 saturated heterocycles. The molecule has 2 heterocycles. The Hall–Kier alpha value is -3.06. The molecule has 0 fully saturated rings. The van der Waals surface area contributed by atoms with Crippen LogP contribution in [0, 0.1) is 0 Å². The van der Waals surface area contributed by atoms with Crippen LogP contribution in [0.25, 0.3) is 11.3 Å². The number of carbonyl (C=O) groups excluding carboxylic acids is 2. The molecule has 5 nitrogen and oxygen atoms in total. The van der Waals surface area contributed by atoms with E-state index in [1.165, 1.54) is 11.3 Å². The van der Waals surface area contributed by atoms with E-state index < -0.39 is 5.91 Å². The van der Waals surface area contributed by atoms with Gasteiger partial charge in [0.25, 0.3) is 11.8 Å². The Morgan fingerprint density at radius 3 is 2.20 bits per heavy atom. The number of rotatable bonds is 5. The predicted octanol–water partition coefficient (Wildman–Crippen LogP) is 6.82. The zero-order valence-corrected chi connectivity index (χ0v) is 17.6. The minimum atomic E-state index is -0.408. The highest BCUT2D eigenvalue weighted by Crippen LogP contribution is 2.32. The first-order valence-corrected chi connectivity index (χ1v) is 10.4. The Kier molecular flexibility index (Phi) is 5.90. The average molecular weight is 457 g/mol. The van der Waals surface area contributed by atoms with Crippen molar-refractivity contribution in [3.8, 4) is 11.3 Å². The summed E-state index contributed by atoms with van der Waals surface area (Å²) in [6.07, 6.45) is 0. The van der Waals surface area contributed by atoms with Gasteiger partial charge in [0.2, 0.25) is 0 Å². The van der Waals surface area contributed by atoms with Crippen molar-refractivity contribution in [2.24, 2.45) is 0 Å². The minimum absolute atomic E-state index is 0.135. The molecule has 0 spiro atoms. The molecule has 0 unspecified atom stereocenters. The smallest absolute Gasteiger partial charge is 0.291 e. The lowest BCUT2D eigenvalue weighted by molar-refractivity contribution is 0.0995. The summed E-state index contributed by atoms with van der Waals surface area (Å²) in [7, 11) is 0. The number of anilines is 2. The van der Waals surface area contributed by atoms with Crippen molar-refractivity contribution in [2.45, 2.75) is 0 Å². The lowest BCUT2D eigenvalue weighted by atomic mass is 10.2. The van der Waals surface area contributed by atoms with Crippen molar-refractivity contribution >= 4 is 57.7 Å². The second-order valence-electron chi connectivity index (χ2n) is 6.25. The van der Waals surface area contributed by atoms with Gasteiger partial charge in [-0.25, -0.2) is 0 Å². The Bertz CT molecular complexity index is 1200. The number of hydrogen-bond acceptors (Lipinski definition) is 4. The molecule has 30 heavy (non-hydrogen) atoms. The summed E-state index contributed by atoms with van der Waals surface area (Å²) in [5.41, 5.74) is 1.80. The molecule has 0 bridgehead atoms. The molecule has 4 rings (SSSR count). The van der Waals surface area contributed by atoms with Gasteiger partial charge in [-0.3, -0.25) is 9.59 Å². The van der Waals surface area contributed by atoms with E-state index in [9.17, 15) is 9.59 Å². The third kappa shape index (κ3) is 4.57. The predicted molar refractivity (Wildman–Crippen MR) is 121 cm³/mol. The number of halogens is 2. The zero-order valence-electron chi connectivity index (χ0n) is 15.3. The molecular weight excluding hydrogens is 443 g/mol. The van der Waals surface area contributed by atoms with Crippen LogP contribution in [0.2, 0.25) is 10.0 Å². The summed E-state index contributed by atoms with van der Waals surface area (Å²) >= 11 is 13.6. The van der Waals surface area contributed by atoms with E-state index in [1.54, 1.807) is 60.7 Å². The standard InChI is InChI=1S/C22H14Cl2N2O3S/c23-13-3-8-17(24)16(12-13)18-9-10-19(29-18)21(27)25-14-4-6-15(7-5-14)26-22(28)20-2-1-11-30-20/h1-12H,(H,25,27)(H,26,28). The normalized spacial score (nSPS) is 10.6. The van der Waals surface area contributed by atoms with Crippen molar-refractivity contribution in [3.63, 3.8) is 0 Å². The van der Waals surface area contributed by atoms with Crippen molar-refractivity contribution < 1.29 is 14.0 Å². The number of hydrogen-bond donors (Lipinski definition) is 2. The average Bonchev–Trinajstić information content (AvgIpc) is 3.43. The number of furan rings is 1. The molecule has 2 amide bonds. The quantitative estimate of drug-likeness (QED) is 0.346. The van der Waals surface area contributed by atoms with Crippen LogP contribution in [0.4, 0.5) is 11.4 Å². The SMILES string of the molecule is O=C(Nc1ccc(NC(=O)c2cccs2)cc1)c1ccc(-c2cc(Cl)ccc2Cl)o1. The highest BCUT2D eigenvalue weighted by Gasteiger charge is 2.15. The Labute approximate surface area is 186 Å². The molecule has 8 heteroatoms. The lowest BCUT2D eigenvalue weighted by Gasteiger charge is -2.07. The van der Waals surface area contributed by atoms with Crippen LogP contribution in [-0.4, -0.2) is 11.8 Å². The van der Waals surface area contributed by atoms with Gasteiger partial charge < -0.3 is 15.1 Å². The first kappa shape index (κ1) is 20.2. The molecule has 0 saturated carbocycles. The molecule has 0 aliphatic heterocycles. The molecule has 0 radical (unpaired) electrons. The van der Waals surface area contributed by atoms with E-state index in [-0.39, 0.29) is 11.7 Å². The Balaban J connectivity index is 1.42. The number of thiophene rings is 1. The van der Waals surface area contributed by atoms with E-state index in [1.807, 2.05) is 11.4 Å². The third-order valence-electron chi connectivity index (χ3n) is 4.17. The molecular formula is C22H14Cl2N2O3S. The summed E-state index contributed by atoms with van der Waals surface area (Å²) in [6, 6.07) is 18.6. The van der Waals surface area contributed by atoms with Crippen molar-refractivity contribution in [2.75, 3.05) is 10.6 Å². The van der Waals surface area contributed by atoms with Gasteiger partial charge in [0.15, 0.2) is 5.76 Å². The maximum atomic E-state index is 12.5. The highest BCUT2D eigenvalue weighted by atomic mass is 35.5. The van der Waals surface area contributed by atoms with Crippen LogP contribution < -0.4 is 10.6 Å². The first-order valence-electron chi connectivity index (χ1n) is 8.81. The van der Waals surface area contributed by atoms with Crippen molar-refractivity contribution in [1.82, 2.24) is 0 Å². The zero-order chi connectivity index (χ0) is 21.1. The second-order valence-corrected chi connectivity index (χ2v) is 8.04. The number of amides is 2. The van der Waals surface area contributed by atoms with Crippen LogP contribution in [0.5, 0.6) is 0 Å². The monoisotopic (exact) mass is 456 g/mol. The summed E-state index contributed by atoms with van der Waals surface area (Å²) in [6.45, 7) is 0. The number of benzene rings is 2. The van der Waals surface area contributed by atoms with Crippen molar-refractivity contribution in [1.29, 1.82) is 0 Å². The van der Waals surface area contributed by atoms with Crippen LogP contribution in [-0.2, 0) is 0 Å². The van der Waals surface area contributed by atoms with Gasteiger partial charge in [0, 0.05) is 22.0 Å². The fourth-order valence-corrected chi connectivity index (χ4v) is 3.72. The van der Waals surface area contributed by atoms with Gasteiger partial charge in [0.05, 0.1) is 9.90 Å². The van der Waals surface area contributed by atoms with Gasteiger partial charge in [0.1, 0.15) is 5.76 Å². The minimum Gasteiger partial charge on any atom is -0.451 e. The van der Waals surface area contributed by atoms with Crippen LogP contribution in [0.3, 0.4) is 0 Å². The number of nitrogens with one attached hydrogen (secondary N) is 2. The molecule has 4 aromatic rings. The summed E-state index contributed by atoms with van der Waals surface area (Å²) in [5, 5.41) is 8.39. The van der Waals surface area contributed by atoms with E-state index in [0.29, 0.717) is 37.6 Å². The van der Waals surface area contributed by atoms with Gasteiger partial charge in [-0.1, -0.05) is 29.3 Å². The molecule has 2 aromatic heterocycles. The highest BCUT2D eigenvalue weighted by molar-refractivity contribution is 7.12. The molecule has 2 aromatic carbocycles. The molecule has 2 N–H and O–H groups in total. The topological polar surface area (TPSA) is 71.3 Å². The van der Waals surface area contributed by atoms with Crippen molar-refractivity contribution in [3.05, 3.63) is 92.8 Å². The number of carbonyl (C=O) groups is 2. The molecule has 0 aliphatic rings. The van der Waals surface area contributed by atoms with Gasteiger partial charge in [-0.2, -0.15) is 0 Å². The second kappa shape index (κ2) is 8.75. The maximum Gasteiger partial charge on any atom is 0.291 e. The Morgan fingerprint density at radius 2 is 1.53 bits per heavy atom. The van der Waals surface area contributed by atoms with E-state index in [4.69, 9.17) is 27.6 Å². The summed E-state index contributed by atoms with van der Waals surface area (Å²) in [5.74, 6) is -0.00486. The summed E-state index contributed by atoms with van der Waals surface area (Å²) < 4.78 is 5.65. The van der Waals surface area contributed by atoms with Crippen LogP contribution in [0.15, 0.2) is 76.5 Å². The first-order chi connectivity index (χ1) is 14.5. The van der Waals surface area contributed by atoms with Gasteiger partial charge in [-0.05, 0) is 66.0 Å². The van der Waals surface area contributed by atoms with E-state index >= 15 is 0 Å². The summed E-state index contributed by atoms with van der Waals surface area (Å²) in [4.78, 5) is 25.2. The lowest BCUT2D eigenvalue weighted by Crippen LogP contribution is -2.12. The largest absolute Gasteiger partial charge is 0.451 e. The molecule has 150 valence electrons. The van der Waals surface area contributed by atoms with Gasteiger partial charge >= 0.3 is 0 Å². The molecule has 0 aliphatic carbocycles. The van der Waals surface area contributed by atoms with Gasteiger partial charge in [-0.15, -0.1) is 11.3 Å². The fourth-order valence-electron chi connectivity index (χ4n) is 2.72. The third-order valence-corrected chi connectivity index (χ3v) is 5.60. The van der Waals surface area contributed by atoms with E-state index in [0.717, 1.165) is 0 Å². The Morgan fingerprint density at radius 1 is 0.833 bits per heavy atom. The fraction of sp³-hybridized carbons (Fsp3) is 0. The molecule has 0 atom stereocenters. The van der Waals surface area contributed by atoms with E-state index in [2.05, 4.69) is 10.6 Å². The van der Waals surface area contributed by atoms with Crippen LogP contribution >= 0.6 is 34.5 Å².